The highest BCUT2D eigenvalue weighted by Gasteiger charge is 2.48. The van der Waals surface area contributed by atoms with Gasteiger partial charge < -0.3 is 20.2 Å². The van der Waals surface area contributed by atoms with Gasteiger partial charge in [0.05, 0.1) is 22.1 Å². The zero-order chi connectivity index (χ0) is 59.5. The Kier molecular flexibility index (Phi) is 16.4. The van der Waals surface area contributed by atoms with Crippen LogP contribution in [-0.2, 0) is 23.1 Å². The third-order valence-electron chi connectivity index (χ3n) is 19.6. The number of Topliss-reactive ketones (excluding diaryl/α,β-unsaturated/α-hetero) is 1. The van der Waals surface area contributed by atoms with Gasteiger partial charge >= 0.3 is 0 Å². The highest BCUT2D eigenvalue weighted by molar-refractivity contribution is 7.26. The van der Waals surface area contributed by atoms with E-state index < -0.39 is 11.2 Å². The summed E-state index contributed by atoms with van der Waals surface area (Å²) < 4.78 is 5.03. The SMILES string of the molecule is CCCCC(CC)Cc1ccc(-c2c3cc(-c4ccc5c(c4)C(C)(C)C(/C=C4\C(=O)C(c6c(O)cc(N7c8ccccc8C8CCCC87)cc6O)=C4O)=[N+]5CCCC)sc3c(-c3ccc(CC(CC)CCCC)s3)c3cc(-c4ccccc4)sc23)s1. The molecule has 6 heterocycles. The van der Waals surface area contributed by atoms with Crippen LogP contribution in [-0.4, -0.2) is 44.0 Å². The lowest BCUT2D eigenvalue weighted by Gasteiger charge is -2.29. The minimum Gasteiger partial charge on any atom is -0.507 e. The quantitative estimate of drug-likeness (QED) is 0.0465. The van der Waals surface area contributed by atoms with E-state index in [1.807, 2.05) is 57.5 Å². The number of phenols is 2. The van der Waals surface area contributed by atoms with E-state index in [1.165, 1.54) is 129 Å². The molecule has 2 aliphatic carbocycles. The maximum Gasteiger partial charge on any atom is 0.209 e. The Hall–Kier alpha value is -6.56. The minimum atomic E-state index is -0.552. The Morgan fingerprint density at radius 2 is 1.22 bits per heavy atom. The van der Waals surface area contributed by atoms with Crippen molar-refractivity contribution in [2.75, 3.05) is 11.4 Å². The smallest absolute Gasteiger partial charge is 0.209 e. The molecule has 13 rings (SSSR count). The fourth-order valence-corrected chi connectivity index (χ4v) is 19.7. The number of hydrogen-bond donors (Lipinski definition) is 3. The maximum atomic E-state index is 14.5. The monoisotopic (exact) mass is 1210 g/mol. The summed E-state index contributed by atoms with van der Waals surface area (Å²) in [5, 5.41) is 38.0. The molecule has 4 aromatic heterocycles. The van der Waals surface area contributed by atoms with E-state index in [9.17, 15) is 20.1 Å². The molecule has 4 unspecified atom stereocenters. The molecule has 4 atom stereocenters. The van der Waals surface area contributed by atoms with Crippen LogP contribution in [0.25, 0.3) is 67.5 Å². The number of aliphatic hydroxyl groups excluding tert-OH is 1. The Labute approximate surface area is 524 Å². The number of rotatable bonds is 22. The van der Waals surface area contributed by atoms with Gasteiger partial charge in [-0.25, -0.2) is 0 Å². The molecular weight excluding hydrogens is 1130 g/mol. The van der Waals surface area contributed by atoms with Crippen LogP contribution in [0.5, 0.6) is 11.5 Å². The van der Waals surface area contributed by atoms with Gasteiger partial charge in [-0.3, -0.25) is 4.79 Å². The molecule has 2 aliphatic heterocycles. The van der Waals surface area contributed by atoms with E-state index in [0.29, 0.717) is 23.4 Å². The number of anilines is 2. The Balaban J connectivity index is 0.904. The molecule has 0 bridgehead atoms. The number of carbonyl (C=O) groups excluding carboxylic acids is 1. The Morgan fingerprint density at radius 3 is 1.81 bits per heavy atom. The first kappa shape index (κ1) is 58.5. The van der Waals surface area contributed by atoms with E-state index in [2.05, 4.69) is 161 Å². The lowest BCUT2D eigenvalue weighted by Crippen LogP contribution is -2.31. The van der Waals surface area contributed by atoms with Crippen molar-refractivity contribution in [3.8, 4) is 53.3 Å². The summed E-state index contributed by atoms with van der Waals surface area (Å²) in [5.74, 6) is 0.697. The molecule has 10 heteroatoms. The van der Waals surface area contributed by atoms with E-state index in [0.717, 1.165) is 74.1 Å². The third kappa shape index (κ3) is 10.3. The molecule has 1 fully saturated rings. The largest absolute Gasteiger partial charge is 0.507 e. The van der Waals surface area contributed by atoms with Crippen LogP contribution >= 0.6 is 45.3 Å². The first-order chi connectivity index (χ1) is 41.8. The number of fused-ring (bicyclic) bond motifs is 6. The second kappa shape index (κ2) is 24.2. The fraction of sp³-hybridized carbons (Fsp3) is 0.368. The number of hydrogen-bond acceptors (Lipinski definition) is 9. The summed E-state index contributed by atoms with van der Waals surface area (Å²) in [6.45, 7) is 16.8. The van der Waals surface area contributed by atoms with Gasteiger partial charge in [-0.2, -0.15) is 4.58 Å². The van der Waals surface area contributed by atoms with Gasteiger partial charge in [0, 0.05) is 120 Å². The number of thiophene rings is 4. The van der Waals surface area contributed by atoms with Crippen LogP contribution in [0.4, 0.5) is 17.1 Å². The van der Waals surface area contributed by atoms with Crippen molar-refractivity contribution in [2.24, 2.45) is 11.8 Å². The maximum absolute atomic E-state index is 14.5. The van der Waals surface area contributed by atoms with Crippen LogP contribution < -0.4 is 4.90 Å². The molecule has 4 aliphatic rings. The number of aliphatic hydroxyl groups is 1. The summed E-state index contributed by atoms with van der Waals surface area (Å²) in [5.41, 5.74) is 10.9. The van der Waals surface area contributed by atoms with Gasteiger partial charge in [-0.05, 0) is 123 Å². The molecule has 1 saturated carbocycles. The number of unbranched alkanes of at least 4 members (excludes halogenated alkanes) is 3. The van der Waals surface area contributed by atoms with Crippen LogP contribution in [0.1, 0.15) is 164 Å². The molecule has 3 N–H and O–H groups in total. The lowest BCUT2D eigenvalue weighted by atomic mass is 9.77. The number of nitrogens with zero attached hydrogens (tertiary/aromatic N) is 2. The molecule has 86 heavy (non-hydrogen) atoms. The van der Waals surface area contributed by atoms with Crippen LogP contribution in [0, 0.1) is 11.8 Å². The van der Waals surface area contributed by atoms with Crippen molar-refractivity contribution in [3.63, 3.8) is 0 Å². The summed E-state index contributed by atoms with van der Waals surface area (Å²) in [4.78, 5) is 24.9. The van der Waals surface area contributed by atoms with Gasteiger partial charge in [-0.15, -0.1) is 45.3 Å². The highest BCUT2D eigenvalue weighted by Crippen LogP contribution is 2.57. The second-order valence-corrected chi connectivity index (χ2v) is 29.8. The summed E-state index contributed by atoms with van der Waals surface area (Å²) in [7, 11) is 0. The lowest BCUT2D eigenvalue weighted by molar-refractivity contribution is -0.438. The normalized spacial score (nSPS) is 18.2. The zero-order valence-corrected chi connectivity index (χ0v) is 54.3. The molecule has 0 amide bonds. The van der Waals surface area contributed by atoms with Gasteiger partial charge in [0.2, 0.25) is 11.5 Å². The molecule has 0 spiro atoms. The zero-order valence-electron chi connectivity index (χ0n) is 51.0. The molecule has 442 valence electrons. The molecule has 5 aromatic carbocycles. The van der Waals surface area contributed by atoms with Crippen LogP contribution in [0.15, 0.2) is 139 Å². The molecule has 0 radical (unpaired) electrons. The van der Waals surface area contributed by atoms with Gasteiger partial charge in [0.25, 0.3) is 0 Å². The number of allylic oxidation sites excluding steroid dienone is 3. The third-order valence-corrected chi connectivity index (χ3v) is 24.2. The van der Waals surface area contributed by atoms with E-state index in [-0.39, 0.29) is 40.0 Å². The van der Waals surface area contributed by atoms with Crippen molar-refractivity contribution in [2.45, 2.75) is 162 Å². The van der Waals surface area contributed by atoms with E-state index in [4.69, 9.17) is 0 Å². The number of phenolic OH excluding ortho intramolecular Hbond substituents is 2. The number of aromatic hydroxyl groups is 2. The van der Waals surface area contributed by atoms with Gasteiger partial charge in [-0.1, -0.05) is 147 Å². The van der Waals surface area contributed by atoms with Crippen molar-refractivity contribution in [1.29, 1.82) is 0 Å². The van der Waals surface area contributed by atoms with Crippen LogP contribution in [0.3, 0.4) is 0 Å². The Morgan fingerprint density at radius 1 is 0.628 bits per heavy atom. The molecular formula is C76H81N2O4S4+. The van der Waals surface area contributed by atoms with Crippen molar-refractivity contribution >= 4 is 99.6 Å². The Bertz CT molecular complexity index is 4030. The summed E-state index contributed by atoms with van der Waals surface area (Å²) >= 11 is 7.85. The number of carbonyl (C=O) groups is 1. The average Bonchev–Trinajstić information content (AvgIpc) is 1.55. The highest BCUT2D eigenvalue weighted by atomic mass is 32.1. The number of benzene rings is 5. The first-order valence-electron chi connectivity index (χ1n) is 32.0. The van der Waals surface area contributed by atoms with Crippen molar-refractivity contribution in [1.82, 2.24) is 0 Å². The molecule has 0 saturated heterocycles. The summed E-state index contributed by atoms with van der Waals surface area (Å²) in [6, 6.07) is 44.5. The molecule has 9 aromatic rings. The number of ketones is 1. The molecule has 6 nitrogen and oxygen atoms in total. The average molecular weight is 1210 g/mol. The standard InChI is InChI=1S/C76H80N2O4S4/c1-8-13-22-45(11-4)37-50-31-34-63(83-50)68-54-42-65(47-24-17-16-18-25-47)85-74(54)69(64-35-32-51(84-64)38-46(12-5)23-14-9-2)55-43-66(86-75(55)68)48-30-33-60-57(39-48)76(6,7)67(77(60)36-15-10-3)44-56-72(81)71(73(56)82)70-61(79)40-49(41-62(70)80)78-58-28-20-19-26-52(58)53-27-21-29-59(53)78/h16-20,24-26,28,30-35,39-46,53,59H,8-15,21-23,27,29,36-38H2,1-7H3,(H2,79,80,81,82)/p+1. The number of para-hydroxylation sites is 1. The van der Waals surface area contributed by atoms with Gasteiger partial charge in [0.1, 0.15) is 23.8 Å². The van der Waals surface area contributed by atoms with Crippen molar-refractivity contribution < 1.29 is 24.7 Å². The second-order valence-electron chi connectivity index (χ2n) is 25.3. The van der Waals surface area contributed by atoms with Gasteiger partial charge in [0.15, 0.2) is 5.71 Å². The predicted octanol–water partition coefficient (Wildman–Crippen LogP) is 22.3. The van der Waals surface area contributed by atoms with E-state index >= 15 is 0 Å². The first-order valence-corrected chi connectivity index (χ1v) is 35.3. The van der Waals surface area contributed by atoms with Crippen molar-refractivity contribution in [3.05, 3.63) is 165 Å². The predicted molar refractivity (Wildman–Crippen MR) is 368 cm³/mol. The van der Waals surface area contributed by atoms with E-state index in [1.54, 1.807) is 12.1 Å². The minimum absolute atomic E-state index is 0.0273. The van der Waals surface area contributed by atoms with Crippen LogP contribution in [0.2, 0.25) is 0 Å². The summed E-state index contributed by atoms with van der Waals surface area (Å²) in [6.07, 6.45) is 19.2. The topological polar surface area (TPSA) is 84.0 Å². The fourth-order valence-electron chi connectivity index (χ4n) is 14.8.